The maximum Gasteiger partial charge on any atom is 0.131 e. The zero-order valence-electron chi connectivity index (χ0n) is 11.9. The van der Waals surface area contributed by atoms with Gasteiger partial charge in [0.2, 0.25) is 0 Å². The molecule has 0 unspecified atom stereocenters. The van der Waals surface area contributed by atoms with Gasteiger partial charge in [-0.1, -0.05) is 36.4 Å². The normalized spacial score (nSPS) is 11.0. The van der Waals surface area contributed by atoms with Crippen LogP contribution in [0.2, 0.25) is 0 Å². The van der Waals surface area contributed by atoms with Gasteiger partial charge in [-0.05, 0) is 28.8 Å². The molecule has 0 saturated carbocycles. The van der Waals surface area contributed by atoms with E-state index in [1.54, 1.807) is 24.7 Å². The van der Waals surface area contributed by atoms with E-state index in [0.29, 0.717) is 5.69 Å². The molecular formula is C18H14FN3. The Kier molecular flexibility index (Phi) is 4.30. The zero-order chi connectivity index (χ0) is 15.2. The van der Waals surface area contributed by atoms with Crippen molar-refractivity contribution in [3.8, 4) is 11.1 Å². The van der Waals surface area contributed by atoms with Gasteiger partial charge in [0, 0.05) is 24.2 Å². The Labute approximate surface area is 128 Å². The Balaban J connectivity index is 1.81. The van der Waals surface area contributed by atoms with Gasteiger partial charge in [0.25, 0.3) is 0 Å². The van der Waals surface area contributed by atoms with Crippen molar-refractivity contribution in [3.05, 3.63) is 78.1 Å². The number of aromatic nitrogens is 3. The van der Waals surface area contributed by atoms with Crippen LogP contribution in [0.1, 0.15) is 16.8 Å². The van der Waals surface area contributed by atoms with E-state index in [-0.39, 0.29) is 0 Å². The van der Waals surface area contributed by atoms with Crippen molar-refractivity contribution >= 4 is 12.2 Å². The van der Waals surface area contributed by atoms with E-state index in [4.69, 9.17) is 0 Å². The first-order valence-electron chi connectivity index (χ1n) is 6.89. The molecule has 1 aromatic carbocycles. The third-order valence-electron chi connectivity index (χ3n) is 3.23. The monoisotopic (exact) mass is 291 g/mol. The molecule has 4 heteroatoms. The first kappa shape index (κ1) is 14.1. The second-order valence-electron chi connectivity index (χ2n) is 4.80. The molecule has 0 aliphatic carbocycles. The minimum Gasteiger partial charge on any atom is -0.258 e. The summed E-state index contributed by atoms with van der Waals surface area (Å²) in [5, 5.41) is 0. The second-order valence-corrected chi connectivity index (χ2v) is 4.80. The van der Waals surface area contributed by atoms with Crippen molar-refractivity contribution < 1.29 is 4.39 Å². The van der Waals surface area contributed by atoms with Crippen molar-refractivity contribution in [2.24, 2.45) is 0 Å². The number of nitrogens with zero attached hydrogens (tertiary/aromatic N) is 3. The summed E-state index contributed by atoms with van der Waals surface area (Å²) >= 11 is 0. The molecule has 0 aliphatic rings. The summed E-state index contributed by atoms with van der Waals surface area (Å²) in [7, 11) is 0. The van der Waals surface area contributed by atoms with Crippen molar-refractivity contribution in [1.29, 1.82) is 0 Å². The molecule has 2 heterocycles. The Morgan fingerprint density at radius 1 is 0.864 bits per heavy atom. The highest BCUT2D eigenvalue weighted by Crippen LogP contribution is 2.19. The fourth-order valence-corrected chi connectivity index (χ4v) is 2.08. The number of alkyl halides is 1. The smallest absolute Gasteiger partial charge is 0.131 e. The fourth-order valence-electron chi connectivity index (χ4n) is 2.08. The van der Waals surface area contributed by atoms with Crippen LogP contribution in [-0.4, -0.2) is 15.0 Å². The lowest BCUT2D eigenvalue weighted by Gasteiger charge is -2.02. The molecule has 0 saturated heterocycles. The molecule has 108 valence electrons. The molecule has 3 nitrogen and oxygen atoms in total. The van der Waals surface area contributed by atoms with Gasteiger partial charge in [-0.25, -0.2) is 14.4 Å². The average molecular weight is 291 g/mol. The van der Waals surface area contributed by atoms with Crippen LogP contribution >= 0.6 is 0 Å². The minimum absolute atomic E-state index is 0.447. The van der Waals surface area contributed by atoms with E-state index in [1.165, 1.54) is 6.33 Å². The summed E-state index contributed by atoms with van der Waals surface area (Å²) in [4.78, 5) is 12.1. The highest BCUT2D eigenvalue weighted by Gasteiger charge is 1.98. The molecule has 0 N–H and O–H groups in total. The predicted octanol–water partition coefficient (Wildman–Crippen LogP) is 4.18. The maximum atomic E-state index is 12.4. The third kappa shape index (κ3) is 3.41. The van der Waals surface area contributed by atoms with Crippen molar-refractivity contribution in [2.75, 3.05) is 0 Å². The van der Waals surface area contributed by atoms with Gasteiger partial charge in [-0.2, -0.15) is 0 Å². The summed E-state index contributed by atoms with van der Waals surface area (Å²) in [6.45, 7) is -0.537. The van der Waals surface area contributed by atoms with Crippen LogP contribution in [0.15, 0.2) is 61.3 Å². The molecule has 0 aliphatic heterocycles. The van der Waals surface area contributed by atoms with Crippen LogP contribution < -0.4 is 0 Å². The minimum atomic E-state index is -0.537. The lowest BCUT2D eigenvalue weighted by molar-refractivity contribution is 0.476. The number of hydrogen-bond donors (Lipinski definition) is 0. The maximum absolute atomic E-state index is 12.4. The van der Waals surface area contributed by atoms with Gasteiger partial charge in [0.15, 0.2) is 0 Å². The quantitative estimate of drug-likeness (QED) is 0.724. The summed E-state index contributed by atoms with van der Waals surface area (Å²) in [5.74, 6) is 0. The first-order valence-corrected chi connectivity index (χ1v) is 6.89. The van der Waals surface area contributed by atoms with Gasteiger partial charge in [0.1, 0.15) is 13.0 Å². The predicted molar refractivity (Wildman–Crippen MR) is 85.4 cm³/mol. The molecule has 0 amide bonds. The zero-order valence-corrected chi connectivity index (χ0v) is 11.9. The Morgan fingerprint density at radius 2 is 1.68 bits per heavy atom. The summed E-state index contributed by atoms with van der Waals surface area (Å²) in [6, 6.07) is 11.6. The molecule has 0 bridgehead atoms. The van der Waals surface area contributed by atoms with Crippen LogP contribution in [-0.2, 0) is 6.67 Å². The third-order valence-corrected chi connectivity index (χ3v) is 3.23. The standard InChI is InChI=1S/C18H14FN3/c19-9-18-7-6-15(10-22-18)5-4-14-2-1-3-16(8-14)17-11-20-13-21-12-17/h1-8,10-13H,9H2/b5-4+. The molecule has 0 radical (unpaired) electrons. The number of halogens is 1. The van der Waals surface area contributed by atoms with E-state index in [2.05, 4.69) is 21.0 Å². The van der Waals surface area contributed by atoms with Gasteiger partial charge < -0.3 is 0 Å². The molecule has 3 aromatic rings. The Morgan fingerprint density at radius 3 is 2.41 bits per heavy atom. The van der Waals surface area contributed by atoms with E-state index in [9.17, 15) is 4.39 Å². The van der Waals surface area contributed by atoms with Crippen molar-refractivity contribution in [1.82, 2.24) is 15.0 Å². The molecule has 22 heavy (non-hydrogen) atoms. The molecular weight excluding hydrogens is 277 g/mol. The lowest BCUT2D eigenvalue weighted by Crippen LogP contribution is -1.85. The van der Waals surface area contributed by atoms with Gasteiger partial charge in [-0.3, -0.25) is 4.98 Å². The topological polar surface area (TPSA) is 38.7 Å². The summed E-state index contributed by atoms with van der Waals surface area (Å²) in [6.07, 6.45) is 10.7. The van der Waals surface area contributed by atoms with Crippen LogP contribution in [0.3, 0.4) is 0 Å². The lowest BCUT2D eigenvalue weighted by atomic mass is 10.1. The molecule has 0 spiro atoms. The highest BCUT2D eigenvalue weighted by molar-refractivity contribution is 5.73. The molecule has 3 rings (SSSR count). The second kappa shape index (κ2) is 6.72. The fraction of sp³-hybridized carbons (Fsp3) is 0.0556. The van der Waals surface area contributed by atoms with Crippen LogP contribution in [0.4, 0.5) is 4.39 Å². The van der Waals surface area contributed by atoms with E-state index in [0.717, 1.165) is 22.3 Å². The van der Waals surface area contributed by atoms with Crippen molar-refractivity contribution in [2.45, 2.75) is 6.67 Å². The average Bonchev–Trinajstić information content (AvgIpc) is 2.61. The van der Waals surface area contributed by atoms with Crippen LogP contribution in [0, 0.1) is 0 Å². The first-order chi connectivity index (χ1) is 10.8. The van der Waals surface area contributed by atoms with Crippen LogP contribution in [0.25, 0.3) is 23.3 Å². The van der Waals surface area contributed by atoms with Gasteiger partial charge >= 0.3 is 0 Å². The highest BCUT2D eigenvalue weighted by atomic mass is 19.1. The number of benzene rings is 1. The molecule has 2 aromatic heterocycles. The van der Waals surface area contributed by atoms with Gasteiger partial charge in [0.05, 0.1) is 5.69 Å². The summed E-state index contributed by atoms with van der Waals surface area (Å²) < 4.78 is 12.4. The summed E-state index contributed by atoms with van der Waals surface area (Å²) in [5.41, 5.74) is 4.49. The van der Waals surface area contributed by atoms with Gasteiger partial charge in [-0.15, -0.1) is 0 Å². The molecule has 0 atom stereocenters. The number of hydrogen-bond acceptors (Lipinski definition) is 3. The largest absolute Gasteiger partial charge is 0.258 e. The van der Waals surface area contributed by atoms with Crippen molar-refractivity contribution in [3.63, 3.8) is 0 Å². The van der Waals surface area contributed by atoms with E-state index < -0.39 is 6.67 Å². The van der Waals surface area contributed by atoms with E-state index in [1.807, 2.05) is 36.4 Å². The number of rotatable bonds is 4. The SMILES string of the molecule is FCc1ccc(/C=C/c2cccc(-c3cncnc3)c2)cn1. The number of pyridine rings is 1. The Bertz CT molecular complexity index is 768. The van der Waals surface area contributed by atoms with Crippen LogP contribution in [0.5, 0.6) is 0 Å². The van der Waals surface area contributed by atoms with E-state index >= 15 is 0 Å². The Hall–Kier alpha value is -2.88. The molecule has 0 fully saturated rings.